The van der Waals surface area contributed by atoms with Crippen LogP contribution in [0.2, 0.25) is 0 Å². The number of aliphatic hydroxyl groups excluding tert-OH is 1. The van der Waals surface area contributed by atoms with E-state index in [4.69, 9.17) is 15.8 Å². The summed E-state index contributed by atoms with van der Waals surface area (Å²) in [5, 5.41) is 8.66. The molecule has 1 aromatic rings. The lowest BCUT2D eigenvalue weighted by atomic mass is 10.2. The standard InChI is InChI=1S/C7H7ClO2S/c8-11(10)7-3-1-6(5-9)2-4-7/h1-4,9H,5H2. The zero-order valence-electron chi connectivity index (χ0n) is 5.66. The van der Waals surface area contributed by atoms with Crippen LogP contribution in [-0.4, -0.2) is 9.32 Å². The largest absolute Gasteiger partial charge is 0.392 e. The van der Waals surface area contributed by atoms with Crippen molar-refractivity contribution >= 4 is 20.7 Å². The monoisotopic (exact) mass is 190 g/mol. The van der Waals surface area contributed by atoms with E-state index in [1.54, 1.807) is 24.3 Å². The molecule has 0 spiro atoms. The van der Waals surface area contributed by atoms with Crippen molar-refractivity contribution in [1.29, 1.82) is 0 Å². The molecule has 2 nitrogen and oxygen atoms in total. The van der Waals surface area contributed by atoms with Gasteiger partial charge in [-0.25, -0.2) is 4.21 Å². The maximum Gasteiger partial charge on any atom is 0.147 e. The number of halogens is 1. The lowest BCUT2D eigenvalue weighted by Crippen LogP contribution is -1.84. The first kappa shape index (κ1) is 8.71. The molecular formula is C7H7ClO2S. The first-order chi connectivity index (χ1) is 5.24. The Morgan fingerprint density at radius 1 is 1.36 bits per heavy atom. The molecule has 4 heteroatoms. The lowest BCUT2D eigenvalue weighted by molar-refractivity contribution is 0.282. The van der Waals surface area contributed by atoms with Crippen molar-refractivity contribution in [2.24, 2.45) is 0 Å². The second kappa shape index (κ2) is 3.85. The van der Waals surface area contributed by atoms with Gasteiger partial charge in [-0.1, -0.05) is 12.1 Å². The number of hydrogen-bond acceptors (Lipinski definition) is 2. The second-order valence-electron chi connectivity index (χ2n) is 2.03. The summed E-state index contributed by atoms with van der Waals surface area (Å²) in [6, 6.07) is 6.65. The molecule has 0 heterocycles. The third kappa shape index (κ3) is 2.29. The predicted molar refractivity (Wildman–Crippen MR) is 44.6 cm³/mol. The molecule has 1 rings (SSSR count). The highest BCUT2D eigenvalue weighted by molar-refractivity contribution is 8.08. The number of hydrogen-bond donors (Lipinski definition) is 1. The van der Waals surface area contributed by atoms with Gasteiger partial charge >= 0.3 is 0 Å². The molecule has 0 aliphatic heterocycles. The number of aliphatic hydroxyl groups is 1. The van der Waals surface area contributed by atoms with E-state index in [0.717, 1.165) is 5.56 Å². The Bertz CT molecular complexity index is 258. The fourth-order valence-corrected chi connectivity index (χ4v) is 1.36. The van der Waals surface area contributed by atoms with Gasteiger partial charge in [0, 0.05) is 0 Å². The molecule has 60 valence electrons. The van der Waals surface area contributed by atoms with Gasteiger partial charge in [0.1, 0.15) is 10.0 Å². The fourth-order valence-electron chi connectivity index (χ4n) is 0.702. The van der Waals surface area contributed by atoms with Crippen LogP contribution in [0.1, 0.15) is 5.56 Å². The molecule has 0 aliphatic carbocycles. The minimum atomic E-state index is -1.45. The molecule has 0 aromatic heterocycles. The van der Waals surface area contributed by atoms with Gasteiger partial charge in [-0.2, -0.15) is 0 Å². The molecule has 0 bridgehead atoms. The normalized spacial score (nSPS) is 12.9. The van der Waals surface area contributed by atoms with E-state index in [1.807, 2.05) is 0 Å². The Morgan fingerprint density at radius 2 is 1.91 bits per heavy atom. The van der Waals surface area contributed by atoms with Gasteiger partial charge in [-0.3, -0.25) is 0 Å². The Labute approximate surface area is 71.8 Å². The number of benzene rings is 1. The first-order valence-corrected chi connectivity index (χ1v) is 4.99. The van der Waals surface area contributed by atoms with Gasteiger partial charge in [-0.05, 0) is 28.4 Å². The molecule has 1 unspecified atom stereocenters. The smallest absolute Gasteiger partial charge is 0.147 e. The van der Waals surface area contributed by atoms with Gasteiger partial charge in [0.25, 0.3) is 0 Å². The van der Waals surface area contributed by atoms with Gasteiger partial charge in [0.2, 0.25) is 0 Å². The molecule has 0 saturated heterocycles. The zero-order valence-corrected chi connectivity index (χ0v) is 7.23. The molecule has 1 aromatic carbocycles. The van der Waals surface area contributed by atoms with Crippen LogP contribution in [0.25, 0.3) is 0 Å². The van der Waals surface area contributed by atoms with Crippen molar-refractivity contribution < 1.29 is 9.32 Å². The second-order valence-corrected chi connectivity index (χ2v) is 3.78. The minimum absolute atomic E-state index is 0.00476. The quantitative estimate of drug-likeness (QED) is 0.717. The lowest BCUT2D eigenvalue weighted by Gasteiger charge is -1.95. The van der Waals surface area contributed by atoms with Crippen LogP contribution < -0.4 is 0 Å². The Hall–Kier alpha value is -0.380. The van der Waals surface area contributed by atoms with Crippen molar-refractivity contribution in [1.82, 2.24) is 0 Å². The maximum atomic E-state index is 10.7. The van der Waals surface area contributed by atoms with Crippen molar-refractivity contribution in [2.75, 3.05) is 0 Å². The van der Waals surface area contributed by atoms with E-state index in [2.05, 4.69) is 0 Å². The van der Waals surface area contributed by atoms with Crippen LogP contribution in [0.15, 0.2) is 29.2 Å². The van der Waals surface area contributed by atoms with Crippen LogP contribution in [0, 0.1) is 0 Å². The summed E-state index contributed by atoms with van der Waals surface area (Å²) in [4.78, 5) is 0.559. The van der Waals surface area contributed by atoms with Crippen molar-refractivity contribution in [2.45, 2.75) is 11.5 Å². The predicted octanol–water partition coefficient (Wildman–Crippen LogP) is 1.44. The highest BCUT2D eigenvalue weighted by Gasteiger charge is 1.97. The summed E-state index contributed by atoms with van der Waals surface area (Å²) < 4.78 is 10.7. The molecule has 11 heavy (non-hydrogen) atoms. The average Bonchev–Trinajstić information content (AvgIpc) is 2.05. The Balaban J connectivity index is 2.91. The summed E-state index contributed by atoms with van der Waals surface area (Å²) >= 11 is 0. The van der Waals surface area contributed by atoms with Crippen molar-refractivity contribution in [3.05, 3.63) is 29.8 Å². The van der Waals surface area contributed by atoms with Crippen molar-refractivity contribution in [3.8, 4) is 0 Å². The third-order valence-corrected chi connectivity index (χ3v) is 2.47. The van der Waals surface area contributed by atoms with E-state index in [1.165, 1.54) is 0 Å². The Kier molecular flexibility index (Phi) is 3.05. The van der Waals surface area contributed by atoms with E-state index >= 15 is 0 Å². The molecule has 1 atom stereocenters. The molecular weight excluding hydrogens is 184 g/mol. The van der Waals surface area contributed by atoms with Crippen LogP contribution >= 0.6 is 10.7 Å². The van der Waals surface area contributed by atoms with Crippen LogP contribution in [0.3, 0.4) is 0 Å². The summed E-state index contributed by atoms with van der Waals surface area (Å²) in [6.45, 7) is -0.00476. The van der Waals surface area contributed by atoms with Gasteiger partial charge in [0.05, 0.1) is 11.5 Å². The van der Waals surface area contributed by atoms with Gasteiger partial charge < -0.3 is 5.11 Å². The third-order valence-electron chi connectivity index (χ3n) is 1.29. The zero-order chi connectivity index (χ0) is 8.27. The summed E-state index contributed by atoms with van der Waals surface area (Å²) in [6.07, 6.45) is 0. The van der Waals surface area contributed by atoms with Crippen LogP contribution in [0.5, 0.6) is 0 Å². The molecule has 0 saturated carbocycles. The Morgan fingerprint density at radius 3 is 2.27 bits per heavy atom. The van der Waals surface area contributed by atoms with E-state index in [-0.39, 0.29) is 6.61 Å². The maximum absolute atomic E-state index is 10.7. The molecule has 0 aliphatic rings. The van der Waals surface area contributed by atoms with Crippen molar-refractivity contribution in [3.63, 3.8) is 0 Å². The van der Waals surface area contributed by atoms with Gasteiger partial charge in [-0.15, -0.1) is 0 Å². The SMILES string of the molecule is O=S(Cl)c1ccc(CO)cc1. The molecule has 0 fully saturated rings. The summed E-state index contributed by atoms with van der Waals surface area (Å²) in [5.41, 5.74) is 0.788. The molecule has 0 radical (unpaired) electrons. The van der Waals surface area contributed by atoms with Gasteiger partial charge in [0.15, 0.2) is 0 Å². The molecule has 0 amide bonds. The van der Waals surface area contributed by atoms with E-state index in [0.29, 0.717) is 4.90 Å². The first-order valence-electron chi connectivity index (χ1n) is 3.02. The highest BCUT2D eigenvalue weighted by Crippen LogP contribution is 2.10. The van der Waals surface area contributed by atoms with Crippen LogP contribution in [-0.2, 0) is 16.6 Å². The van der Waals surface area contributed by atoms with Crippen LogP contribution in [0.4, 0.5) is 0 Å². The summed E-state index contributed by atoms with van der Waals surface area (Å²) in [7, 11) is 3.86. The topological polar surface area (TPSA) is 37.3 Å². The highest BCUT2D eigenvalue weighted by atomic mass is 35.7. The van der Waals surface area contributed by atoms with E-state index < -0.39 is 10.0 Å². The minimum Gasteiger partial charge on any atom is -0.392 e. The number of rotatable bonds is 2. The average molecular weight is 191 g/mol. The van der Waals surface area contributed by atoms with E-state index in [9.17, 15) is 4.21 Å². The summed E-state index contributed by atoms with van der Waals surface area (Å²) in [5.74, 6) is 0. The fraction of sp³-hybridized carbons (Fsp3) is 0.143. The molecule has 1 N–H and O–H groups in total.